The predicted molar refractivity (Wildman–Crippen MR) is 77.6 cm³/mol. The first kappa shape index (κ1) is 13.4. The van der Waals surface area contributed by atoms with Crippen LogP contribution in [0.25, 0.3) is 0 Å². The van der Waals surface area contributed by atoms with Crippen molar-refractivity contribution < 1.29 is 4.79 Å². The standard InChI is InChI=1S/C13H16N4OS/c1-16(2)11-5-3-10(4-6-11)15-12(18)9-17-7-8-19-13(17)14/h3-8,14H,9H2,1-2H3,(H,15,18). The maximum absolute atomic E-state index is 11.8. The van der Waals surface area contributed by atoms with Crippen molar-refractivity contribution in [2.24, 2.45) is 0 Å². The minimum Gasteiger partial charge on any atom is -0.378 e. The van der Waals surface area contributed by atoms with Gasteiger partial charge < -0.3 is 14.8 Å². The summed E-state index contributed by atoms with van der Waals surface area (Å²) in [6.45, 7) is 0.164. The van der Waals surface area contributed by atoms with Crippen LogP contribution in [0.3, 0.4) is 0 Å². The molecule has 100 valence electrons. The lowest BCUT2D eigenvalue weighted by Gasteiger charge is -2.13. The monoisotopic (exact) mass is 276 g/mol. The maximum atomic E-state index is 11.8. The van der Waals surface area contributed by atoms with E-state index in [2.05, 4.69) is 5.32 Å². The summed E-state index contributed by atoms with van der Waals surface area (Å²) in [5.74, 6) is -0.130. The van der Waals surface area contributed by atoms with E-state index < -0.39 is 0 Å². The molecule has 0 saturated heterocycles. The topological polar surface area (TPSA) is 61.1 Å². The largest absolute Gasteiger partial charge is 0.378 e. The van der Waals surface area contributed by atoms with E-state index in [0.717, 1.165) is 11.4 Å². The van der Waals surface area contributed by atoms with Gasteiger partial charge in [-0.25, -0.2) is 0 Å². The number of amides is 1. The molecule has 5 nitrogen and oxygen atoms in total. The van der Waals surface area contributed by atoms with Gasteiger partial charge in [-0.15, -0.1) is 11.3 Å². The van der Waals surface area contributed by atoms with Crippen LogP contribution in [0.2, 0.25) is 0 Å². The van der Waals surface area contributed by atoms with Crippen LogP contribution in [0.5, 0.6) is 0 Å². The Hall–Kier alpha value is -2.08. The first-order chi connectivity index (χ1) is 9.06. The number of rotatable bonds is 4. The summed E-state index contributed by atoms with van der Waals surface area (Å²) in [5, 5.41) is 12.2. The van der Waals surface area contributed by atoms with Crippen molar-refractivity contribution in [3.8, 4) is 0 Å². The van der Waals surface area contributed by atoms with Crippen molar-refractivity contribution in [3.63, 3.8) is 0 Å². The minimum absolute atomic E-state index is 0.130. The molecule has 1 heterocycles. The summed E-state index contributed by atoms with van der Waals surface area (Å²) < 4.78 is 1.61. The number of hydrogen-bond donors (Lipinski definition) is 2. The van der Waals surface area contributed by atoms with Crippen LogP contribution in [0.1, 0.15) is 0 Å². The number of anilines is 2. The highest BCUT2D eigenvalue weighted by Gasteiger charge is 2.04. The smallest absolute Gasteiger partial charge is 0.244 e. The van der Waals surface area contributed by atoms with Crippen LogP contribution in [0.4, 0.5) is 11.4 Å². The molecular formula is C13H16N4OS. The number of aromatic nitrogens is 1. The lowest BCUT2D eigenvalue weighted by molar-refractivity contribution is -0.116. The zero-order valence-corrected chi connectivity index (χ0v) is 11.7. The molecule has 1 aromatic heterocycles. The second kappa shape index (κ2) is 5.71. The van der Waals surface area contributed by atoms with Crippen molar-refractivity contribution in [1.29, 1.82) is 5.41 Å². The fraction of sp³-hybridized carbons (Fsp3) is 0.231. The lowest BCUT2D eigenvalue weighted by Crippen LogP contribution is -2.23. The molecule has 0 fully saturated rings. The SMILES string of the molecule is CN(C)c1ccc(NC(=O)Cn2ccsc2=N)cc1. The van der Waals surface area contributed by atoms with Crippen LogP contribution >= 0.6 is 11.3 Å². The van der Waals surface area contributed by atoms with Crippen molar-refractivity contribution in [2.75, 3.05) is 24.3 Å². The fourth-order valence-electron chi connectivity index (χ4n) is 1.63. The van der Waals surface area contributed by atoms with E-state index in [1.54, 1.807) is 16.1 Å². The van der Waals surface area contributed by atoms with Gasteiger partial charge in [-0.05, 0) is 24.3 Å². The molecule has 0 aliphatic heterocycles. The van der Waals surface area contributed by atoms with Gasteiger partial charge in [0.1, 0.15) is 6.54 Å². The first-order valence-electron chi connectivity index (χ1n) is 5.82. The van der Waals surface area contributed by atoms with E-state index in [4.69, 9.17) is 5.41 Å². The Labute approximate surface area is 115 Å². The summed E-state index contributed by atoms with van der Waals surface area (Å²) in [4.78, 5) is 14.2. The number of thiazole rings is 1. The van der Waals surface area contributed by atoms with Gasteiger partial charge in [0.25, 0.3) is 0 Å². The summed E-state index contributed by atoms with van der Waals surface area (Å²) in [6, 6.07) is 7.63. The Bertz CT molecular complexity index is 612. The number of nitrogens with one attached hydrogen (secondary N) is 2. The quantitative estimate of drug-likeness (QED) is 0.893. The van der Waals surface area contributed by atoms with E-state index in [-0.39, 0.29) is 12.5 Å². The van der Waals surface area contributed by atoms with Crippen LogP contribution in [0.15, 0.2) is 35.8 Å². The molecule has 0 saturated carbocycles. The second-order valence-corrected chi connectivity index (χ2v) is 5.22. The Balaban J connectivity index is 1.99. The van der Waals surface area contributed by atoms with Crippen LogP contribution in [0, 0.1) is 5.41 Å². The van der Waals surface area contributed by atoms with E-state index in [0.29, 0.717) is 4.80 Å². The molecule has 1 aromatic carbocycles. The lowest BCUT2D eigenvalue weighted by atomic mass is 10.2. The third-order valence-corrected chi connectivity index (χ3v) is 3.38. The normalized spacial score (nSPS) is 10.2. The molecule has 0 bridgehead atoms. The van der Waals surface area contributed by atoms with E-state index in [1.807, 2.05) is 43.3 Å². The van der Waals surface area contributed by atoms with Gasteiger partial charge in [0, 0.05) is 37.0 Å². The number of carbonyl (C=O) groups is 1. The van der Waals surface area contributed by atoms with Crippen molar-refractivity contribution >= 4 is 28.6 Å². The maximum Gasteiger partial charge on any atom is 0.244 e. The van der Waals surface area contributed by atoms with Gasteiger partial charge in [-0.1, -0.05) is 0 Å². The zero-order chi connectivity index (χ0) is 13.8. The van der Waals surface area contributed by atoms with Gasteiger partial charge in [0.15, 0.2) is 4.80 Å². The van der Waals surface area contributed by atoms with Gasteiger partial charge in [0.2, 0.25) is 5.91 Å². The fourth-order valence-corrected chi connectivity index (χ4v) is 2.22. The van der Waals surface area contributed by atoms with Crippen molar-refractivity contribution in [1.82, 2.24) is 4.57 Å². The zero-order valence-electron chi connectivity index (χ0n) is 10.9. The molecule has 0 spiro atoms. The van der Waals surface area contributed by atoms with Crippen molar-refractivity contribution in [3.05, 3.63) is 40.6 Å². The molecule has 2 N–H and O–H groups in total. The molecule has 6 heteroatoms. The van der Waals surface area contributed by atoms with Gasteiger partial charge in [-0.3, -0.25) is 10.2 Å². The average Bonchev–Trinajstić information content (AvgIpc) is 2.75. The number of hydrogen-bond acceptors (Lipinski definition) is 4. The highest BCUT2D eigenvalue weighted by molar-refractivity contribution is 7.06. The number of carbonyl (C=O) groups excluding carboxylic acids is 1. The average molecular weight is 276 g/mol. The molecule has 0 radical (unpaired) electrons. The molecule has 2 rings (SSSR count). The highest BCUT2D eigenvalue weighted by Crippen LogP contribution is 2.15. The van der Waals surface area contributed by atoms with Crippen molar-refractivity contribution in [2.45, 2.75) is 6.54 Å². The molecule has 2 aromatic rings. The Kier molecular flexibility index (Phi) is 4.01. The van der Waals surface area contributed by atoms with E-state index >= 15 is 0 Å². The Morgan fingerprint density at radius 3 is 2.58 bits per heavy atom. The second-order valence-electron chi connectivity index (χ2n) is 4.33. The minimum atomic E-state index is -0.130. The molecule has 0 atom stereocenters. The number of benzene rings is 1. The first-order valence-corrected chi connectivity index (χ1v) is 6.70. The van der Waals surface area contributed by atoms with Crippen LogP contribution < -0.4 is 15.0 Å². The van der Waals surface area contributed by atoms with Gasteiger partial charge in [-0.2, -0.15) is 0 Å². The summed E-state index contributed by atoms with van der Waals surface area (Å²) in [5.41, 5.74) is 1.84. The molecule has 19 heavy (non-hydrogen) atoms. The van der Waals surface area contributed by atoms with E-state index in [1.165, 1.54) is 11.3 Å². The number of nitrogens with zero attached hydrogens (tertiary/aromatic N) is 2. The molecular weight excluding hydrogens is 260 g/mol. The summed E-state index contributed by atoms with van der Waals surface area (Å²) >= 11 is 1.30. The summed E-state index contributed by atoms with van der Waals surface area (Å²) in [7, 11) is 3.94. The third-order valence-electron chi connectivity index (χ3n) is 2.66. The highest BCUT2D eigenvalue weighted by atomic mass is 32.1. The van der Waals surface area contributed by atoms with Gasteiger partial charge in [0.05, 0.1) is 0 Å². The third kappa shape index (κ3) is 3.45. The molecule has 0 aliphatic rings. The van der Waals surface area contributed by atoms with Gasteiger partial charge >= 0.3 is 0 Å². The molecule has 0 aliphatic carbocycles. The predicted octanol–water partition coefficient (Wildman–Crippen LogP) is 1.73. The van der Waals surface area contributed by atoms with Crippen LogP contribution in [-0.2, 0) is 11.3 Å². The summed E-state index contributed by atoms with van der Waals surface area (Å²) in [6.07, 6.45) is 1.74. The molecule has 0 unspecified atom stereocenters. The Morgan fingerprint density at radius 2 is 2.05 bits per heavy atom. The van der Waals surface area contributed by atoms with E-state index in [9.17, 15) is 4.79 Å². The Morgan fingerprint density at radius 1 is 1.37 bits per heavy atom. The molecule has 1 amide bonds. The van der Waals surface area contributed by atoms with Crippen LogP contribution in [-0.4, -0.2) is 24.6 Å².